The molecule has 1 aliphatic rings. The Morgan fingerprint density at radius 1 is 1.07 bits per heavy atom. The number of hydrogen-bond acceptors (Lipinski definition) is 5. The van der Waals surface area contributed by atoms with Gasteiger partial charge in [0.2, 0.25) is 5.91 Å². The van der Waals surface area contributed by atoms with E-state index in [4.69, 9.17) is 14.2 Å². The lowest BCUT2D eigenvalue weighted by Crippen LogP contribution is -2.51. The zero-order valence-corrected chi connectivity index (χ0v) is 16.9. The molecule has 1 aliphatic heterocycles. The first-order chi connectivity index (χ1) is 14.0. The number of rotatable bonds is 6. The van der Waals surface area contributed by atoms with Gasteiger partial charge in [-0.15, -0.1) is 0 Å². The van der Waals surface area contributed by atoms with Crippen LogP contribution in [0.25, 0.3) is 0 Å². The maximum absolute atomic E-state index is 12.9. The van der Waals surface area contributed by atoms with E-state index in [0.29, 0.717) is 31.2 Å². The van der Waals surface area contributed by atoms with Crippen molar-refractivity contribution in [1.29, 1.82) is 0 Å². The molecule has 29 heavy (non-hydrogen) atoms. The summed E-state index contributed by atoms with van der Waals surface area (Å²) >= 11 is 0. The molecule has 1 heterocycles. The SMILES string of the molecule is COc1cccc(OC)c1C(=O)N[C@@H](C)C(=O)N1CCOC(c2ccccc2)C1. The van der Waals surface area contributed by atoms with Gasteiger partial charge in [0, 0.05) is 6.54 Å². The van der Waals surface area contributed by atoms with E-state index in [1.165, 1.54) is 14.2 Å². The summed E-state index contributed by atoms with van der Waals surface area (Å²) < 4.78 is 16.4. The lowest BCUT2D eigenvalue weighted by molar-refractivity contribution is -0.140. The Morgan fingerprint density at radius 2 is 1.72 bits per heavy atom. The third kappa shape index (κ3) is 4.68. The highest BCUT2D eigenvalue weighted by atomic mass is 16.5. The van der Waals surface area contributed by atoms with E-state index in [2.05, 4.69) is 5.32 Å². The average Bonchev–Trinajstić information content (AvgIpc) is 2.78. The van der Waals surface area contributed by atoms with Crippen LogP contribution >= 0.6 is 0 Å². The predicted molar refractivity (Wildman–Crippen MR) is 108 cm³/mol. The number of nitrogens with zero attached hydrogens (tertiary/aromatic N) is 1. The molecule has 0 aliphatic carbocycles. The Kier molecular flexibility index (Phi) is 6.72. The van der Waals surface area contributed by atoms with Crippen molar-refractivity contribution in [2.24, 2.45) is 0 Å². The molecular weight excluding hydrogens is 372 g/mol. The van der Waals surface area contributed by atoms with Crippen LogP contribution in [0.3, 0.4) is 0 Å². The van der Waals surface area contributed by atoms with Gasteiger partial charge < -0.3 is 24.4 Å². The summed E-state index contributed by atoms with van der Waals surface area (Å²) in [5.74, 6) is 0.193. The lowest BCUT2D eigenvalue weighted by atomic mass is 10.1. The first kappa shape index (κ1) is 20.7. The number of hydrogen-bond donors (Lipinski definition) is 1. The summed E-state index contributed by atoms with van der Waals surface area (Å²) in [4.78, 5) is 27.5. The largest absolute Gasteiger partial charge is 0.496 e. The monoisotopic (exact) mass is 398 g/mol. The minimum atomic E-state index is -0.702. The third-order valence-corrected chi connectivity index (χ3v) is 4.92. The molecule has 7 nitrogen and oxygen atoms in total. The van der Waals surface area contributed by atoms with Crippen LogP contribution in [0.5, 0.6) is 11.5 Å². The number of benzene rings is 2. The quantitative estimate of drug-likeness (QED) is 0.809. The van der Waals surface area contributed by atoms with Gasteiger partial charge in [-0.1, -0.05) is 36.4 Å². The molecule has 7 heteroatoms. The van der Waals surface area contributed by atoms with Gasteiger partial charge in [0.05, 0.1) is 27.4 Å². The second-order valence-electron chi connectivity index (χ2n) is 6.79. The van der Waals surface area contributed by atoms with E-state index >= 15 is 0 Å². The van der Waals surface area contributed by atoms with Crippen LogP contribution in [0, 0.1) is 0 Å². The van der Waals surface area contributed by atoms with E-state index in [9.17, 15) is 9.59 Å². The highest BCUT2D eigenvalue weighted by Crippen LogP contribution is 2.28. The van der Waals surface area contributed by atoms with Crippen LogP contribution in [-0.2, 0) is 9.53 Å². The summed E-state index contributed by atoms with van der Waals surface area (Å²) in [5.41, 5.74) is 1.29. The summed E-state index contributed by atoms with van der Waals surface area (Å²) in [6, 6.07) is 14.2. The van der Waals surface area contributed by atoms with Crippen molar-refractivity contribution in [2.75, 3.05) is 33.9 Å². The number of methoxy groups -OCH3 is 2. The van der Waals surface area contributed by atoms with Crippen LogP contribution in [0.15, 0.2) is 48.5 Å². The third-order valence-electron chi connectivity index (χ3n) is 4.92. The van der Waals surface area contributed by atoms with Crippen molar-refractivity contribution in [3.63, 3.8) is 0 Å². The van der Waals surface area contributed by atoms with Crippen LogP contribution in [0.2, 0.25) is 0 Å². The topological polar surface area (TPSA) is 77.1 Å². The first-order valence-electron chi connectivity index (χ1n) is 9.52. The van der Waals surface area contributed by atoms with E-state index in [1.807, 2.05) is 30.3 Å². The Hall–Kier alpha value is -3.06. The lowest BCUT2D eigenvalue weighted by Gasteiger charge is -2.34. The Bertz CT molecular complexity index is 833. The van der Waals surface area contributed by atoms with E-state index in [1.54, 1.807) is 30.0 Å². The van der Waals surface area contributed by atoms with Crippen molar-refractivity contribution < 1.29 is 23.8 Å². The number of carbonyl (C=O) groups is 2. The molecule has 3 rings (SSSR count). The molecule has 1 unspecified atom stereocenters. The van der Waals surface area contributed by atoms with Crippen LogP contribution < -0.4 is 14.8 Å². The molecule has 0 radical (unpaired) electrons. The summed E-state index contributed by atoms with van der Waals surface area (Å²) in [7, 11) is 2.97. The van der Waals surface area contributed by atoms with Crippen molar-refractivity contribution in [3.05, 3.63) is 59.7 Å². The highest BCUT2D eigenvalue weighted by molar-refractivity contribution is 6.01. The minimum absolute atomic E-state index is 0.156. The number of amides is 2. The second kappa shape index (κ2) is 9.43. The average molecular weight is 398 g/mol. The van der Waals surface area contributed by atoms with Crippen LogP contribution in [-0.4, -0.2) is 56.7 Å². The molecule has 2 amide bonds. The molecule has 2 atom stereocenters. The number of nitrogens with one attached hydrogen (secondary N) is 1. The standard InChI is InChI=1S/C22H26N2O5/c1-15(23-21(25)20-17(27-2)10-7-11-18(20)28-3)22(26)24-12-13-29-19(14-24)16-8-5-4-6-9-16/h4-11,15,19H,12-14H2,1-3H3,(H,23,25)/t15-,19?/m0/s1. The first-order valence-corrected chi connectivity index (χ1v) is 9.52. The van der Waals surface area contributed by atoms with Crippen LogP contribution in [0.4, 0.5) is 0 Å². The zero-order chi connectivity index (χ0) is 20.8. The summed E-state index contributed by atoms with van der Waals surface area (Å²) in [6.07, 6.45) is -0.175. The molecule has 0 bridgehead atoms. The van der Waals surface area contributed by atoms with Gasteiger partial charge in [-0.2, -0.15) is 0 Å². The molecule has 1 saturated heterocycles. The van der Waals surface area contributed by atoms with Gasteiger partial charge in [0.25, 0.3) is 5.91 Å². The van der Waals surface area contributed by atoms with E-state index in [0.717, 1.165) is 5.56 Å². The van der Waals surface area contributed by atoms with Crippen molar-refractivity contribution in [1.82, 2.24) is 10.2 Å². The minimum Gasteiger partial charge on any atom is -0.496 e. The van der Waals surface area contributed by atoms with Crippen molar-refractivity contribution in [3.8, 4) is 11.5 Å². The fourth-order valence-electron chi connectivity index (χ4n) is 3.40. The normalized spacial score (nSPS) is 17.3. The summed E-state index contributed by atoms with van der Waals surface area (Å²) in [6.45, 7) is 3.06. The number of carbonyl (C=O) groups excluding carboxylic acids is 2. The van der Waals surface area contributed by atoms with Gasteiger partial charge in [-0.3, -0.25) is 9.59 Å². The highest BCUT2D eigenvalue weighted by Gasteiger charge is 2.30. The van der Waals surface area contributed by atoms with Gasteiger partial charge in [-0.05, 0) is 24.6 Å². The van der Waals surface area contributed by atoms with E-state index < -0.39 is 11.9 Å². The van der Waals surface area contributed by atoms with E-state index in [-0.39, 0.29) is 17.6 Å². The molecule has 2 aromatic rings. The van der Waals surface area contributed by atoms with Gasteiger partial charge in [0.15, 0.2) is 0 Å². The number of morpholine rings is 1. The predicted octanol–water partition coefficient (Wildman–Crippen LogP) is 2.42. The molecule has 1 N–H and O–H groups in total. The fourth-order valence-corrected chi connectivity index (χ4v) is 3.40. The van der Waals surface area contributed by atoms with Gasteiger partial charge in [-0.25, -0.2) is 0 Å². The number of ether oxygens (including phenoxy) is 3. The molecule has 2 aromatic carbocycles. The Balaban J connectivity index is 1.68. The van der Waals surface area contributed by atoms with Crippen molar-refractivity contribution in [2.45, 2.75) is 19.1 Å². The molecule has 154 valence electrons. The smallest absolute Gasteiger partial charge is 0.259 e. The zero-order valence-electron chi connectivity index (χ0n) is 16.9. The van der Waals surface area contributed by atoms with Gasteiger partial charge >= 0.3 is 0 Å². The molecule has 0 aromatic heterocycles. The Morgan fingerprint density at radius 3 is 2.34 bits per heavy atom. The van der Waals surface area contributed by atoms with Crippen molar-refractivity contribution >= 4 is 11.8 Å². The fraction of sp³-hybridized carbons (Fsp3) is 0.364. The Labute approximate surface area is 170 Å². The molecule has 1 fully saturated rings. The molecule has 0 spiro atoms. The molecular formula is C22H26N2O5. The maximum Gasteiger partial charge on any atom is 0.259 e. The second-order valence-corrected chi connectivity index (χ2v) is 6.79. The van der Waals surface area contributed by atoms with Gasteiger partial charge in [0.1, 0.15) is 29.2 Å². The van der Waals surface area contributed by atoms with Crippen LogP contribution in [0.1, 0.15) is 28.9 Å². The maximum atomic E-state index is 12.9. The summed E-state index contributed by atoms with van der Waals surface area (Å²) in [5, 5.41) is 2.77. The molecule has 0 saturated carbocycles.